The second-order valence-electron chi connectivity index (χ2n) is 5.27. The number of hydrazine groups is 1. The maximum atomic E-state index is 6.06. The third-order valence-corrected chi connectivity index (χ3v) is 4.06. The second kappa shape index (κ2) is 8.06. The van der Waals surface area contributed by atoms with E-state index >= 15 is 0 Å². The normalized spacial score (nSPS) is 20.6. The van der Waals surface area contributed by atoms with Gasteiger partial charge in [0, 0.05) is 6.61 Å². The SMILES string of the molecule is CCCCCCC(NN)C1(OCC)CCCC1. The van der Waals surface area contributed by atoms with E-state index in [4.69, 9.17) is 10.6 Å². The highest BCUT2D eigenvalue weighted by atomic mass is 16.5. The van der Waals surface area contributed by atoms with Crippen LogP contribution < -0.4 is 11.3 Å². The van der Waals surface area contributed by atoms with Crippen LogP contribution in [0.15, 0.2) is 0 Å². The summed E-state index contributed by atoms with van der Waals surface area (Å²) in [6, 6.07) is 0.335. The van der Waals surface area contributed by atoms with Crippen molar-refractivity contribution in [2.75, 3.05) is 6.61 Å². The predicted molar refractivity (Wildman–Crippen MR) is 72.7 cm³/mol. The molecule has 3 heteroatoms. The number of unbranched alkanes of at least 4 members (excludes halogenated alkanes) is 3. The Hall–Kier alpha value is -0.120. The number of hydrogen-bond acceptors (Lipinski definition) is 3. The Morgan fingerprint density at radius 1 is 1.18 bits per heavy atom. The molecule has 0 aromatic carbocycles. The molecule has 0 bridgehead atoms. The molecule has 0 spiro atoms. The minimum absolute atomic E-state index is 0.0235. The quantitative estimate of drug-likeness (QED) is 0.371. The number of hydrogen-bond donors (Lipinski definition) is 2. The van der Waals surface area contributed by atoms with Crippen LogP contribution >= 0.6 is 0 Å². The van der Waals surface area contributed by atoms with Crippen molar-refractivity contribution in [3.63, 3.8) is 0 Å². The van der Waals surface area contributed by atoms with Crippen molar-refractivity contribution in [2.24, 2.45) is 5.84 Å². The third kappa shape index (κ3) is 4.23. The lowest BCUT2D eigenvalue weighted by molar-refractivity contribution is -0.0637. The molecule has 0 aromatic heterocycles. The van der Waals surface area contributed by atoms with Gasteiger partial charge in [-0.1, -0.05) is 45.4 Å². The highest BCUT2D eigenvalue weighted by Crippen LogP contribution is 2.37. The minimum Gasteiger partial charge on any atom is -0.374 e. The van der Waals surface area contributed by atoms with Gasteiger partial charge in [-0.05, 0) is 26.2 Å². The number of nitrogens with two attached hydrogens (primary N) is 1. The van der Waals surface area contributed by atoms with Crippen molar-refractivity contribution in [3.05, 3.63) is 0 Å². The zero-order chi connectivity index (χ0) is 12.6. The third-order valence-electron chi connectivity index (χ3n) is 4.06. The van der Waals surface area contributed by atoms with Crippen LogP contribution in [-0.4, -0.2) is 18.2 Å². The van der Waals surface area contributed by atoms with Gasteiger partial charge in [0.15, 0.2) is 0 Å². The molecular formula is C14H30N2O. The van der Waals surface area contributed by atoms with Crippen LogP contribution in [0.3, 0.4) is 0 Å². The van der Waals surface area contributed by atoms with Crippen molar-refractivity contribution in [1.82, 2.24) is 5.43 Å². The Morgan fingerprint density at radius 2 is 1.88 bits per heavy atom. The van der Waals surface area contributed by atoms with Gasteiger partial charge in [-0.15, -0.1) is 0 Å². The summed E-state index contributed by atoms with van der Waals surface area (Å²) < 4.78 is 6.06. The maximum absolute atomic E-state index is 6.06. The van der Waals surface area contributed by atoms with Crippen LogP contribution in [0.4, 0.5) is 0 Å². The van der Waals surface area contributed by atoms with E-state index in [2.05, 4.69) is 19.3 Å². The smallest absolute Gasteiger partial charge is 0.0848 e. The fourth-order valence-corrected chi connectivity index (χ4v) is 3.13. The second-order valence-corrected chi connectivity index (χ2v) is 5.27. The molecule has 1 aliphatic rings. The van der Waals surface area contributed by atoms with Crippen LogP contribution in [-0.2, 0) is 4.74 Å². The number of nitrogens with one attached hydrogen (secondary N) is 1. The lowest BCUT2D eigenvalue weighted by Gasteiger charge is -2.37. The van der Waals surface area contributed by atoms with Gasteiger partial charge in [0.1, 0.15) is 0 Å². The lowest BCUT2D eigenvalue weighted by atomic mass is 9.88. The number of rotatable bonds is 9. The predicted octanol–water partition coefficient (Wildman–Crippen LogP) is 3.14. The van der Waals surface area contributed by atoms with Crippen molar-refractivity contribution in [3.8, 4) is 0 Å². The highest BCUT2D eigenvalue weighted by molar-refractivity contribution is 4.96. The van der Waals surface area contributed by atoms with E-state index in [9.17, 15) is 0 Å². The fourth-order valence-electron chi connectivity index (χ4n) is 3.13. The molecule has 1 saturated carbocycles. The van der Waals surface area contributed by atoms with Crippen molar-refractivity contribution in [2.45, 2.75) is 83.3 Å². The molecule has 0 radical (unpaired) electrons. The van der Waals surface area contributed by atoms with Crippen LogP contribution in [0, 0.1) is 0 Å². The standard InChI is InChI=1S/C14H30N2O/c1-3-5-6-7-10-13(16-15)14(17-4-2)11-8-9-12-14/h13,16H,3-12,15H2,1-2H3. The minimum atomic E-state index is 0.0235. The Balaban J connectivity index is 2.44. The van der Waals surface area contributed by atoms with Gasteiger partial charge in [-0.2, -0.15) is 0 Å². The van der Waals surface area contributed by atoms with Gasteiger partial charge in [-0.25, -0.2) is 0 Å². The van der Waals surface area contributed by atoms with Gasteiger partial charge in [0.2, 0.25) is 0 Å². The topological polar surface area (TPSA) is 47.3 Å². The zero-order valence-electron chi connectivity index (χ0n) is 11.6. The van der Waals surface area contributed by atoms with Crippen molar-refractivity contribution >= 4 is 0 Å². The Bertz CT molecular complexity index is 191. The van der Waals surface area contributed by atoms with Gasteiger partial charge < -0.3 is 4.74 Å². The Labute approximate surface area is 106 Å². The van der Waals surface area contributed by atoms with E-state index < -0.39 is 0 Å². The molecule has 1 unspecified atom stereocenters. The first kappa shape index (κ1) is 14.9. The van der Waals surface area contributed by atoms with Crippen molar-refractivity contribution < 1.29 is 4.74 Å². The van der Waals surface area contributed by atoms with Crippen LogP contribution in [0.1, 0.15) is 71.6 Å². The molecule has 1 rings (SSSR count). The summed E-state index contributed by atoms with van der Waals surface area (Å²) in [6.07, 6.45) is 11.3. The van der Waals surface area contributed by atoms with Gasteiger partial charge in [0.05, 0.1) is 11.6 Å². The Kier molecular flexibility index (Phi) is 7.09. The fraction of sp³-hybridized carbons (Fsp3) is 1.00. The molecule has 3 nitrogen and oxygen atoms in total. The summed E-state index contributed by atoms with van der Waals surface area (Å²) in [5, 5.41) is 0. The summed E-state index contributed by atoms with van der Waals surface area (Å²) >= 11 is 0. The maximum Gasteiger partial charge on any atom is 0.0848 e. The van der Waals surface area contributed by atoms with E-state index in [1.54, 1.807) is 0 Å². The van der Waals surface area contributed by atoms with Crippen LogP contribution in [0.5, 0.6) is 0 Å². The lowest BCUT2D eigenvalue weighted by Crippen LogP contribution is -2.53. The van der Waals surface area contributed by atoms with Crippen LogP contribution in [0.2, 0.25) is 0 Å². The molecule has 0 heterocycles. The highest BCUT2D eigenvalue weighted by Gasteiger charge is 2.41. The largest absolute Gasteiger partial charge is 0.374 e. The summed E-state index contributed by atoms with van der Waals surface area (Å²) in [4.78, 5) is 0. The molecule has 0 aromatic rings. The molecule has 0 aliphatic heterocycles. The molecule has 1 aliphatic carbocycles. The van der Waals surface area contributed by atoms with E-state index in [1.165, 1.54) is 51.4 Å². The molecule has 0 saturated heterocycles. The van der Waals surface area contributed by atoms with Crippen LogP contribution in [0.25, 0.3) is 0 Å². The summed E-state index contributed by atoms with van der Waals surface area (Å²) in [6.45, 7) is 5.13. The van der Waals surface area contributed by atoms with Gasteiger partial charge in [-0.3, -0.25) is 11.3 Å². The first-order valence-electron chi connectivity index (χ1n) is 7.39. The molecule has 102 valence electrons. The first-order valence-corrected chi connectivity index (χ1v) is 7.39. The average molecular weight is 242 g/mol. The molecule has 1 atom stereocenters. The van der Waals surface area contributed by atoms with Gasteiger partial charge in [0.25, 0.3) is 0 Å². The van der Waals surface area contributed by atoms with Gasteiger partial charge >= 0.3 is 0 Å². The molecule has 1 fully saturated rings. The van der Waals surface area contributed by atoms with Crippen molar-refractivity contribution in [1.29, 1.82) is 0 Å². The first-order chi connectivity index (χ1) is 8.29. The van der Waals surface area contributed by atoms with E-state index in [0.29, 0.717) is 6.04 Å². The van der Waals surface area contributed by atoms with E-state index in [1.807, 2.05) is 0 Å². The molecular weight excluding hydrogens is 212 g/mol. The zero-order valence-corrected chi connectivity index (χ0v) is 11.6. The molecule has 0 amide bonds. The molecule has 3 N–H and O–H groups in total. The summed E-state index contributed by atoms with van der Waals surface area (Å²) in [5.41, 5.74) is 3.05. The molecule has 17 heavy (non-hydrogen) atoms. The van der Waals surface area contributed by atoms with E-state index in [-0.39, 0.29) is 5.60 Å². The van der Waals surface area contributed by atoms with E-state index in [0.717, 1.165) is 13.0 Å². The summed E-state index contributed by atoms with van der Waals surface area (Å²) in [7, 11) is 0. The average Bonchev–Trinajstić information content (AvgIpc) is 2.79. The Morgan fingerprint density at radius 3 is 2.41 bits per heavy atom. The summed E-state index contributed by atoms with van der Waals surface area (Å²) in [5.74, 6) is 5.75. The monoisotopic (exact) mass is 242 g/mol. The number of ether oxygens (including phenoxy) is 1.